The van der Waals surface area contributed by atoms with Gasteiger partial charge in [-0.05, 0) is 59.5 Å². The van der Waals surface area contributed by atoms with Gasteiger partial charge in [0.15, 0.2) is 5.96 Å². The quantitative estimate of drug-likeness (QED) is 0.514. The number of rotatable bonds is 7. The van der Waals surface area contributed by atoms with Gasteiger partial charge in [0, 0.05) is 38.8 Å². The largest absolute Gasteiger partial charge is 0.444 e. The molecule has 3 rings (SSSR count). The van der Waals surface area contributed by atoms with Gasteiger partial charge in [0.1, 0.15) is 5.76 Å². The van der Waals surface area contributed by atoms with Crippen LogP contribution in [0.2, 0.25) is 0 Å². The van der Waals surface area contributed by atoms with E-state index in [4.69, 9.17) is 9.15 Å². The second-order valence-electron chi connectivity index (χ2n) is 9.19. The molecule has 2 fully saturated rings. The molecule has 0 radical (unpaired) electrons. The maximum Gasteiger partial charge on any atom is 0.208 e. The number of nitrogens with zero attached hydrogens (tertiary/aromatic N) is 4. The summed E-state index contributed by atoms with van der Waals surface area (Å²) in [6, 6.07) is 0. The molecule has 2 saturated heterocycles. The van der Waals surface area contributed by atoms with Crippen molar-refractivity contribution in [2.45, 2.75) is 52.6 Å². The average Bonchev–Trinajstić information content (AvgIpc) is 3.06. The number of hydrogen-bond donors (Lipinski definition) is 2. The van der Waals surface area contributed by atoms with Crippen molar-refractivity contribution in [2.75, 3.05) is 59.5 Å². The molecule has 0 aliphatic carbocycles. The van der Waals surface area contributed by atoms with Crippen molar-refractivity contribution < 1.29 is 9.15 Å². The minimum absolute atomic E-state index is 0.0728. The van der Waals surface area contributed by atoms with Crippen LogP contribution in [0.25, 0.3) is 0 Å². The minimum Gasteiger partial charge on any atom is -0.444 e. The minimum atomic E-state index is 0.0728. The van der Waals surface area contributed by atoms with Gasteiger partial charge in [-0.2, -0.15) is 0 Å². The Kier molecular flexibility index (Phi) is 8.13. The molecule has 8 nitrogen and oxygen atoms in total. The van der Waals surface area contributed by atoms with Crippen LogP contribution in [0.5, 0.6) is 0 Å². The molecule has 3 heterocycles. The van der Waals surface area contributed by atoms with E-state index in [0.717, 1.165) is 82.3 Å². The highest BCUT2D eigenvalue weighted by atomic mass is 16.5. The van der Waals surface area contributed by atoms with Gasteiger partial charge in [0.25, 0.3) is 0 Å². The SMILES string of the molecule is CN=C(NCC1CCN(Cc2nc(C)c(C)o2)CC1)NCC(C)(C)N1CCOCC1. The Balaban J connectivity index is 1.36. The number of ether oxygens (including phenoxy) is 1. The molecule has 2 aliphatic heterocycles. The van der Waals surface area contributed by atoms with Crippen LogP contribution in [-0.4, -0.2) is 85.8 Å². The van der Waals surface area contributed by atoms with Crippen LogP contribution in [0.15, 0.2) is 9.41 Å². The van der Waals surface area contributed by atoms with Crippen molar-refractivity contribution in [3.05, 3.63) is 17.3 Å². The third kappa shape index (κ3) is 6.43. The number of morpholine rings is 1. The van der Waals surface area contributed by atoms with E-state index in [-0.39, 0.29) is 5.54 Å². The van der Waals surface area contributed by atoms with Crippen molar-refractivity contribution in [3.63, 3.8) is 0 Å². The van der Waals surface area contributed by atoms with Crippen LogP contribution in [-0.2, 0) is 11.3 Å². The Morgan fingerprint density at radius 2 is 1.83 bits per heavy atom. The first kappa shape index (κ1) is 23.0. The molecule has 0 saturated carbocycles. The third-order valence-corrected chi connectivity index (χ3v) is 6.48. The Morgan fingerprint density at radius 3 is 2.43 bits per heavy atom. The number of nitrogens with one attached hydrogen (secondary N) is 2. The van der Waals surface area contributed by atoms with Gasteiger partial charge in [0.2, 0.25) is 5.89 Å². The van der Waals surface area contributed by atoms with Crippen LogP contribution < -0.4 is 10.6 Å². The summed E-state index contributed by atoms with van der Waals surface area (Å²) in [6.07, 6.45) is 2.36. The summed E-state index contributed by atoms with van der Waals surface area (Å²) in [5.41, 5.74) is 1.07. The lowest BCUT2D eigenvalue weighted by Crippen LogP contribution is -2.56. The fraction of sp³-hybridized carbons (Fsp3) is 0.818. The van der Waals surface area contributed by atoms with E-state index in [2.05, 4.69) is 44.3 Å². The Labute approximate surface area is 181 Å². The van der Waals surface area contributed by atoms with E-state index in [0.29, 0.717) is 5.92 Å². The van der Waals surface area contributed by atoms with Gasteiger partial charge in [-0.15, -0.1) is 0 Å². The summed E-state index contributed by atoms with van der Waals surface area (Å²) in [5, 5.41) is 7.06. The predicted molar refractivity (Wildman–Crippen MR) is 120 cm³/mol. The molecule has 2 aliphatic rings. The molecular formula is C22H40N6O2. The Bertz CT molecular complexity index is 668. The number of aromatic nitrogens is 1. The topological polar surface area (TPSA) is 78.2 Å². The highest BCUT2D eigenvalue weighted by molar-refractivity contribution is 5.79. The summed E-state index contributed by atoms with van der Waals surface area (Å²) < 4.78 is 11.2. The van der Waals surface area contributed by atoms with E-state index >= 15 is 0 Å². The number of oxazole rings is 1. The highest BCUT2D eigenvalue weighted by Gasteiger charge is 2.28. The second kappa shape index (κ2) is 10.6. The summed E-state index contributed by atoms with van der Waals surface area (Å²) in [7, 11) is 1.85. The molecule has 170 valence electrons. The zero-order valence-corrected chi connectivity index (χ0v) is 19.5. The number of guanidine groups is 1. The molecule has 0 aromatic carbocycles. The Hall–Kier alpha value is -1.64. The zero-order chi connectivity index (χ0) is 21.6. The van der Waals surface area contributed by atoms with Crippen LogP contribution in [0.1, 0.15) is 44.0 Å². The molecule has 0 spiro atoms. The normalized spacial score (nSPS) is 20.5. The molecule has 8 heteroatoms. The van der Waals surface area contributed by atoms with Gasteiger partial charge in [0.05, 0.1) is 25.5 Å². The number of likely N-dealkylation sites (tertiary alicyclic amines) is 1. The number of aryl methyl sites for hydroxylation is 2. The zero-order valence-electron chi connectivity index (χ0n) is 19.5. The van der Waals surface area contributed by atoms with Crippen molar-refractivity contribution in [1.82, 2.24) is 25.4 Å². The summed E-state index contributed by atoms with van der Waals surface area (Å²) in [6.45, 7) is 17.0. The lowest BCUT2D eigenvalue weighted by Gasteiger charge is -2.41. The summed E-state index contributed by atoms with van der Waals surface area (Å²) >= 11 is 0. The van der Waals surface area contributed by atoms with Crippen molar-refractivity contribution >= 4 is 5.96 Å². The van der Waals surface area contributed by atoms with Crippen LogP contribution in [0.3, 0.4) is 0 Å². The Morgan fingerprint density at radius 1 is 1.13 bits per heavy atom. The first-order valence-electron chi connectivity index (χ1n) is 11.3. The highest BCUT2D eigenvalue weighted by Crippen LogP contribution is 2.19. The first-order chi connectivity index (χ1) is 14.4. The maximum absolute atomic E-state index is 5.74. The average molecular weight is 421 g/mol. The van der Waals surface area contributed by atoms with E-state index < -0.39 is 0 Å². The fourth-order valence-electron chi connectivity index (χ4n) is 4.19. The molecule has 0 amide bonds. The smallest absolute Gasteiger partial charge is 0.208 e. The molecule has 0 bridgehead atoms. The van der Waals surface area contributed by atoms with Gasteiger partial charge >= 0.3 is 0 Å². The van der Waals surface area contributed by atoms with Gasteiger partial charge in [-0.1, -0.05) is 0 Å². The first-order valence-corrected chi connectivity index (χ1v) is 11.3. The monoisotopic (exact) mass is 420 g/mol. The number of hydrogen-bond acceptors (Lipinski definition) is 6. The predicted octanol–water partition coefficient (Wildman–Crippen LogP) is 1.78. The van der Waals surface area contributed by atoms with Crippen molar-refractivity contribution in [2.24, 2.45) is 10.9 Å². The van der Waals surface area contributed by atoms with Crippen molar-refractivity contribution in [1.29, 1.82) is 0 Å². The van der Waals surface area contributed by atoms with Crippen LogP contribution >= 0.6 is 0 Å². The lowest BCUT2D eigenvalue weighted by molar-refractivity contribution is -0.00834. The second-order valence-corrected chi connectivity index (χ2v) is 9.19. The number of aliphatic imine (C=N–C) groups is 1. The van der Waals surface area contributed by atoms with Crippen LogP contribution in [0.4, 0.5) is 0 Å². The van der Waals surface area contributed by atoms with Gasteiger partial charge in [-0.25, -0.2) is 4.98 Å². The van der Waals surface area contributed by atoms with E-state index in [1.54, 1.807) is 0 Å². The molecule has 0 unspecified atom stereocenters. The fourth-order valence-corrected chi connectivity index (χ4v) is 4.19. The third-order valence-electron chi connectivity index (χ3n) is 6.48. The maximum atomic E-state index is 5.74. The van der Waals surface area contributed by atoms with E-state index in [1.165, 1.54) is 12.8 Å². The standard InChI is InChI=1S/C22H40N6O2/c1-17-18(2)30-20(26-17)15-27-8-6-19(7-9-27)14-24-21(23-5)25-16-22(3,4)28-10-12-29-13-11-28/h19H,6-16H2,1-5H3,(H2,23,24,25). The molecular weight excluding hydrogens is 380 g/mol. The molecule has 1 aromatic rings. The summed E-state index contributed by atoms with van der Waals surface area (Å²) in [5.74, 6) is 3.33. The van der Waals surface area contributed by atoms with E-state index in [1.807, 2.05) is 20.9 Å². The number of piperidine rings is 1. The molecule has 1 aromatic heterocycles. The van der Waals surface area contributed by atoms with Gasteiger partial charge < -0.3 is 19.8 Å². The molecule has 2 N–H and O–H groups in total. The van der Waals surface area contributed by atoms with Gasteiger partial charge in [-0.3, -0.25) is 14.8 Å². The summed E-state index contributed by atoms with van der Waals surface area (Å²) in [4.78, 5) is 13.9. The van der Waals surface area contributed by atoms with Crippen LogP contribution in [0, 0.1) is 19.8 Å². The van der Waals surface area contributed by atoms with E-state index in [9.17, 15) is 0 Å². The molecule has 0 atom stereocenters. The lowest BCUT2D eigenvalue weighted by atomic mass is 9.97. The molecule has 30 heavy (non-hydrogen) atoms. The van der Waals surface area contributed by atoms with Crippen molar-refractivity contribution in [3.8, 4) is 0 Å².